The van der Waals surface area contributed by atoms with Crippen LogP contribution in [0.3, 0.4) is 0 Å². The lowest BCUT2D eigenvalue weighted by molar-refractivity contribution is 0.102. The van der Waals surface area contributed by atoms with Crippen molar-refractivity contribution in [3.05, 3.63) is 54.0 Å². The molecule has 0 fully saturated rings. The van der Waals surface area contributed by atoms with E-state index in [0.717, 1.165) is 0 Å². The average Bonchev–Trinajstić information content (AvgIpc) is 2.40. The van der Waals surface area contributed by atoms with Crippen molar-refractivity contribution < 1.29 is 13.9 Å². The van der Waals surface area contributed by atoms with Crippen molar-refractivity contribution >= 4 is 11.7 Å². The quantitative estimate of drug-likeness (QED) is 0.860. The predicted octanol–water partition coefficient (Wildman–Crippen LogP) is 2.87. The molecule has 0 saturated carbocycles. The number of nitrogens with one attached hydrogen (secondary N) is 1. The average molecular weight is 260 g/mol. The van der Waals surface area contributed by atoms with Crippen LogP contribution in [0.25, 0.3) is 0 Å². The Hall–Kier alpha value is -2.43. The molecule has 1 heterocycles. The van der Waals surface area contributed by atoms with E-state index in [9.17, 15) is 9.18 Å². The molecule has 5 heteroatoms. The fourth-order valence-corrected chi connectivity index (χ4v) is 1.54. The number of pyridine rings is 1. The lowest BCUT2D eigenvalue weighted by atomic mass is 10.2. The number of carbonyl (C=O) groups excluding carboxylic acids is 1. The van der Waals surface area contributed by atoms with Gasteiger partial charge in [0, 0.05) is 5.56 Å². The fourth-order valence-electron chi connectivity index (χ4n) is 1.54. The fraction of sp³-hybridized carbons (Fsp3) is 0.143. The van der Waals surface area contributed by atoms with Crippen molar-refractivity contribution in [1.29, 1.82) is 0 Å². The zero-order chi connectivity index (χ0) is 13.7. The monoisotopic (exact) mass is 260 g/mol. The molecule has 0 aliphatic heterocycles. The summed E-state index contributed by atoms with van der Waals surface area (Å²) in [5.74, 6) is -0.104. The summed E-state index contributed by atoms with van der Waals surface area (Å²) in [7, 11) is 0. The predicted molar refractivity (Wildman–Crippen MR) is 69.8 cm³/mol. The van der Waals surface area contributed by atoms with Gasteiger partial charge in [0.2, 0.25) is 5.95 Å². The molecule has 1 aromatic heterocycles. The maximum atomic E-state index is 12.9. The Bertz CT molecular complexity index is 570. The van der Waals surface area contributed by atoms with Crippen LogP contribution in [0.15, 0.2) is 42.5 Å². The van der Waals surface area contributed by atoms with Crippen molar-refractivity contribution in [2.45, 2.75) is 6.92 Å². The molecule has 0 atom stereocenters. The van der Waals surface area contributed by atoms with Crippen LogP contribution in [-0.2, 0) is 0 Å². The highest BCUT2D eigenvalue weighted by Crippen LogP contribution is 2.13. The lowest BCUT2D eigenvalue weighted by Crippen LogP contribution is -2.13. The Morgan fingerprint density at radius 2 is 2.00 bits per heavy atom. The van der Waals surface area contributed by atoms with Gasteiger partial charge < -0.3 is 10.1 Å². The molecule has 19 heavy (non-hydrogen) atoms. The van der Waals surface area contributed by atoms with Gasteiger partial charge in [-0.25, -0.2) is 4.98 Å². The standard InChI is InChI=1S/C14H13FN2O2/c1-2-19-11-8-6-10(7-9-11)14(18)17-13-5-3-4-12(15)16-13/h3-9H,2H2,1H3,(H,16,17,18). The van der Waals surface area contributed by atoms with Gasteiger partial charge >= 0.3 is 0 Å². The third kappa shape index (κ3) is 3.51. The highest BCUT2D eigenvalue weighted by atomic mass is 19.1. The van der Waals surface area contributed by atoms with Crippen molar-refractivity contribution in [3.8, 4) is 5.75 Å². The number of rotatable bonds is 4. The molecule has 4 nitrogen and oxygen atoms in total. The van der Waals surface area contributed by atoms with E-state index in [4.69, 9.17) is 4.74 Å². The topological polar surface area (TPSA) is 51.2 Å². The molecule has 1 amide bonds. The van der Waals surface area contributed by atoms with Crippen LogP contribution in [-0.4, -0.2) is 17.5 Å². The summed E-state index contributed by atoms with van der Waals surface area (Å²) in [6.45, 7) is 2.45. The summed E-state index contributed by atoms with van der Waals surface area (Å²) in [6.07, 6.45) is 0. The van der Waals surface area contributed by atoms with E-state index in [1.807, 2.05) is 6.92 Å². The molecule has 1 N–H and O–H groups in total. The van der Waals surface area contributed by atoms with E-state index in [2.05, 4.69) is 10.3 Å². The van der Waals surface area contributed by atoms with E-state index < -0.39 is 5.95 Å². The van der Waals surface area contributed by atoms with Crippen LogP contribution in [0.2, 0.25) is 0 Å². The van der Waals surface area contributed by atoms with Crippen LogP contribution in [0, 0.1) is 5.95 Å². The number of nitrogens with zero attached hydrogens (tertiary/aromatic N) is 1. The molecular weight excluding hydrogens is 247 g/mol. The number of hydrogen-bond donors (Lipinski definition) is 1. The molecule has 98 valence electrons. The van der Waals surface area contributed by atoms with Crippen LogP contribution in [0.5, 0.6) is 5.75 Å². The van der Waals surface area contributed by atoms with Gasteiger partial charge in [-0.1, -0.05) is 6.07 Å². The van der Waals surface area contributed by atoms with E-state index in [-0.39, 0.29) is 11.7 Å². The number of benzene rings is 1. The summed E-state index contributed by atoms with van der Waals surface area (Å²) in [4.78, 5) is 15.4. The van der Waals surface area contributed by atoms with Crippen LogP contribution in [0.1, 0.15) is 17.3 Å². The summed E-state index contributed by atoms with van der Waals surface area (Å²) in [5, 5.41) is 2.52. The molecule has 0 saturated heterocycles. The summed E-state index contributed by atoms with van der Waals surface area (Å²) in [5.41, 5.74) is 0.453. The van der Waals surface area contributed by atoms with Crippen molar-refractivity contribution in [2.75, 3.05) is 11.9 Å². The first-order valence-electron chi connectivity index (χ1n) is 5.86. The second-order valence-electron chi connectivity index (χ2n) is 3.76. The van der Waals surface area contributed by atoms with Gasteiger partial charge in [-0.2, -0.15) is 4.39 Å². The van der Waals surface area contributed by atoms with Gasteiger partial charge in [0.25, 0.3) is 5.91 Å². The normalized spacial score (nSPS) is 10.0. The number of amides is 1. The number of hydrogen-bond acceptors (Lipinski definition) is 3. The highest BCUT2D eigenvalue weighted by molar-refractivity contribution is 6.03. The van der Waals surface area contributed by atoms with Crippen LogP contribution >= 0.6 is 0 Å². The van der Waals surface area contributed by atoms with Crippen molar-refractivity contribution in [3.63, 3.8) is 0 Å². The van der Waals surface area contributed by atoms with Gasteiger partial charge in [-0.3, -0.25) is 4.79 Å². The first kappa shape index (κ1) is 13.0. The minimum Gasteiger partial charge on any atom is -0.494 e. The second-order valence-corrected chi connectivity index (χ2v) is 3.76. The zero-order valence-electron chi connectivity index (χ0n) is 10.4. The summed E-state index contributed by atoms with van der Waals surface area (Å²) >= 11 is 0. The molecule has 2 rings (SSSR count). The molecular formula is C14H13FN2O2. The molecule has 0 aliphatic rings. The van der Waals surface area contributed by atoms with Gasteiger partial charge in [-0.15, -0.1) is 0 Å². The van der Waals surface area contributed by atoms with E-state index in [1.165, 1.54) is 18.2 Å². The van der Waals surface area contributed by atoms with Crippen molar-refractivity contribution in [1.82, 2.24) is 4.98 Å². The number of halogens is 1. The minimum atomic E-state index is -0.635. The second kappa shape index (κ2) is 5.95. The Morgan fingerprint density at radius 3 is 2.63 bits per heavy atom. The minimum absolute atomic E-state index is 0.180. The Kier molecular flexibility index (Phi) is 4.07. The summed E-state index contributed by atoms with van der Waals surface area (Å²) in [6, 6.07) is 10.9. The molecule has 1 aromatic carbocycles. The molecule has 0 bridgehead atoms. The number of carbonyl (C=O) groups is 1. The van der Waals surface area contributed by atoms with Gasteiger partial charge in [0.1, 0.15) is 11.6 Å². The smallest absolute Gasteiger partial charge is 0.256 e. The maximum absolute atomic E-state index is 12.9. The lowest BCUT2D eigenvalue weighted by Gasteiger charge is -2.06. The van der Waals surface area contributed by atoms with Gasteiger partial charge in [-0.05, 0) is 43.3 Å². The number of anilines is 1. The number of ether oxygens (including phenoxy) is 1. The molecule has 0 aliphatic carbocycles. The first-order chi connectivity index (χ1) is 9.19. The number of aromatic nitrogens is 1. The molecule has 0 spiro atoms. The summed E-state index contributed by atoms with van der Waals surface area (Å²) < 4.78 is 18.2. The van der Waals surface area contributed by atoms with Gasteiger partial charge in [0.05, 0.1) is 6.61 Å². The third-order valence-electron chi connectivity index (χ3n) is 2.38. The Balaban J connectivity index is 2.07. The third-order valence-corrected chi connectivity index (χ3v) is 2.38. The first-order valence-corrected chi connectivity index (χ1v) is 5.86. The van der Waals surface area contributed by atoms with Crippen LogP contribution < -0.4 is 10.1 Å². The maximum Gasteiger partial charge on any atom is 0.256 e. The zero-order valence-corrected chi connectivity index (χ0v) is 10.4. The van der Waals surface area contributed by atoms with Crippen LogP contribution in [0.4, 0.5) is 10.2 Å². The SMILES string of the molecule is CCOc1ccc(C(=O)Nc2cccc(F)n2)cc1. The Labute approximate surface area is 110 Å². The molecule has 2 aromatic rings. The van der Waals surface area contributed by atoms with E-state index >= 15 is 0 Å². The molecule has 0 radical (unpaired) electrons. The van der Waals surface area contributed by atoms with Crippen molar-refractivity contribution in [2.24, 2.45) is 0 Å². The largest absolute Gasteiger partial charge is 0.494 e. The van der Waals surface area contributed by atoms with E-state index in [1.54, 1.807) is 24.3 Å². The van der Waals surface area contributed by atoms with Gasteiger partial charge in [0.15, 0.2) is 0 Å². The Morgan fingerprint density at radius 1 is 1.26 bits per heavy atom. The molecule has 0 unspecified atom stereocenters. The highest BCUT2D eigenvalue weighted by Gasteiger charge is 2.07. The van der Waals surface area contributed by atoms with E-state index in [0.29, 0.717) is 17.9 Å².